The van der Waals surface area contributed by atoms with Crippen molar-refractivity contribution in [1.82, 2.24) is 0 Å². The zero-order valence-corrected chi connectivity index (χ0v) is 10.5. The van der Waals surface area contributed by atoms with Crippen LogP contribution in [0.25, 0.3) is 0 Å². The molecule has 1 aromatic carbocycles. The van der Waals surface area contributed by atoms with Crippen LogP contribution in [0.15, 0.2) is 18.2 Å². The molecule has 1 aliphatic carbocycles. The van der Waals surface area contributed by atoms with E-state index in [0.717, 1.165) is 5.56 Å². The highest BCUT2D eigenvalue weighted by Gasteiger charge is 2.41. The normalized spacial score (nSPS) is 18.1. The number of ketones is 2. The van der Waals surface area contributed by atoms with Gasteiger partial charge >= 0.3 is 5.97 Å². The largest absolute Gasteiger partial charge is 0.445 e. The first kappa shape index (κ1) is 12.5. The van der Waals surface area contributed by atoms with Gasteiger partial charge in [0.15, 0.2) is 0 Å². The van der Waals surface area contributed by atoms with Gasteiger partial charge in [-0.05, 0) is 13.0 Å². The number of benzene rings is 1. The summed E-state index contributed by atoms with van der Waals surface area (Å²) in [6, 6.07) is 5.02. The lowest BCUT2D eigenvalue weighted by Crippen LogP contribution is -2.30. The number of carbonyl (C=O) groups is 3. The van der Waals surface area contributed by atoms with Crippen LogP contribution in [0.5, 0.6) is 0 Å². The van der Waals surface area contributed by atoms with E-state index in [4.69, 9.17) is 4.74 Å². The first-order valence-electron chi connectivity index (χ1n) is 5.81. The first-order valence-corrected chi connectivity index (χ1v) is 5.81. The second kappa shape index (κ2) is 4.37. The number of rotatable bonds is 2. The van der Waals surface area contributed by atoms with Crippen LogP contribution in [0.1, 0.15) is 40.1 Å². The van der Waals surface area contributed by atoms with E-state index in [0.29, 0.717) is 11.1 Å². The van der Waals surface area contributed by atoms with E-state index in [2.05, 4.69) is 0 Å². The summed E-state index contributed by atoms with van der Waals surface area (Å²) in [6.45, 7) is 5.15. The topological polar surface area (TPSA) is 60.4 Å². The van der Waals surface area contributed by atoms with E-state index in [1.807, 2.05) is 6.92 Å². The quantitative estimate of drug-likeness (QED) is 0.591. The Morgan fingerprint density at radius 1 is 1.17 bits per heavy atom. The predicted octanol–water partition coefficient (Wildman–Crippen LogP) is 1.94. The third-order valence-corrected chi connectivity index (χ3v) is 2.89. The second-order valence-corrected chi connectivity index (χ2v) is 4.75. The van der Waals surface area contributed by atoms with Gasteiger partial charge < -0.3 is 4.74 Å². The fourth-order valence-corrected chi connectivity index (χ4v) is 1.84. The van der Waals surface area contributed by atoms with Crippen LogP contribution >= 0.6 is 0 Å². The summed E-state index contributed by atoms with van der Waals surface area (Å²) in [5, 5.41) is 0. The Balaban J connectivity index is 2.31. The van der Waals surface area contributed by atoms with Gasteiger partial charge in [-0.3, -0.25) is 14.4 Å². The minimum atomic E-state index is -1.29. The molecule has 0 N–H and O–H groups in total. The number of ether oxygens (including phenoxy) is 1. The van der Waals surface area contributed by atoms with Gasteiger partial charge in [0, 0.05) is 11.1 Å². The molecular formula is C14H14O4. The predicted molar refractivity (Wildman–Crippen MR) is 64.6 cm³/mol. The smallest absolute Gasteiger partial charge is 0.309 e. The standard InChI is InChI=1S/C14H14O4/c1-7(2)14(17)18-13-11(15)9-5-4-8(3)6-10(9)12(13)16/h4-7,13H,1-3H3. The maximum absolute atomic E-state index is 12.0. The molecule has 0 heterocycles. The van der Waals surface area contributed by atoms with E-state index in [-0.39, 0.29) is 5.92 Å². The van der Waals surface area contributed by atoms with Gasteiger partial charge in [0.25, 0.3) is 0 Å². The van der Waals surface area contributed by atoms with Crippen molar-refractivity contribution in [3.05, 3.63) is 34.9 Å². The SMILES string of the molecule is Cc1ccc2c(c1)C(=O)C(OC(=O)C(C)C)C2=O. The molecule has 1 unspecified atom stereocenters. The number of hydrogen-bond acceptors (Lipinski definition) is 4. The Morgan fingerprint density at radius 2 is 1.78 bits per heavy atom. The summed E-state index contributed by atoms with van der Waals surface area (Å²) < 4.78 is 4.98. The molecule has 1 aliphatic rings. The van der Waals surface area contributed by atoms with E-state index >= 15 is 0 Å². The Labute approximate surface area is 105 Å². The fourth-order valence-electron chi connectivity index (χ4n) is 1.84. The number of hydrogen-bond donors (Lipinski definition) is 0. The molecular weight excluding hydrogens is 232 g/mol. The highest BCUT2D eigenvalue weighted by atomic mass is 16.6. The molecule has 0 spiro atoms. The molecule has 0 aromatic heterocycles. The zero-order chi connectivity index (χ0) is 13.4. The minimum absolute atomic E-state index is 0.340. The average molecular weight is 246 g/mol. The van der Waals surface area contributed by atoms with Crippen molar-refractivity contribution in [3.63, 3.8) is 0 Å². The monoisotopic (exact) mass is 246 g/mol. The Kier molecular flexibility index (Phi) is 3.03. The maximum atomic E-state index is 12.0. The molecule has 94 valence electrons. The van der Waals surface area contributed by atoms with E-state index in [1.54, 1.807) is 32.0 Å². The Morgan fingerprint density at radius 3 is 2.39 bits per heavy atom. The molecule has 0 saturated heterocycles. The van der Waals surface area contributed by atoms with Crippen molar-refractivity contribution >= 4 is 17.5 Å². The highest BCUT2D eigenvalue weighted by Crippen LogP contribution is 2.25. The summed E-state index contributed by atoms with van der Waals surface area (Å²) in [4.78, 5) is 35.5. The lowest BCUT2D eigenvalue weighted by molar-refractivity contribution is -0.148. The summed E-state index contributed by atoms with van der Waals surface area (Å²) in [6.07, 6.45) is -1.29. The van der Waals surface area contributed by atoms with E-state index < -0.39 is 23.6 Å². The molecule has 1 aromatic rings. The number of aryl methyl sites for hydroxylation is 1. The number of esters is 1. The van der Waals surface area contributed by atoms with Crippen molar-refractivity contribution in [3.8, 4) is 0 Å². The third kappa shape index (κ3) is 1.94. The zero-order valence-electron chi connectivity index (χ0n) is 10.5. The van der Waals surface area contributed by atoms with Crippen molar-refractivity contribution in [2.45, 2.75) is 26.9 Å². The minimum Gasteiger partial charge on any atom is -0.445 e. The fraction of sp³-hybridized carbons (Fsp3) is 0.357. The van der Waals surface area contributed by atoms with Crippen molar-refractivity contribution in [1.29, 1.82) is 0 Å². The highest BCUT2D eigenvalue weighted by molar-refractivity contribution is 6.29. The number of carbonyl (C=O) groups excluding carboxylic acids is 3. The molecule has 0 amide bonds. The summed E-state index contributed by atoms with van der Waals surface area (Å²) in [5.74, 6) is -1.75. The number of fused-ring (bicyclic) bond motifs is 1. The van der Waals surface area contributed by atoms with E-state index in [1.165, 1.54) is 0 Å². The summed E-state index contributed by atoms with van der Waals surface area (Å²) in [5.41, 5.74) is 1.58. The molecule has 0 saturated carbocycles. The van der Waals surface area contributed by atoms with Crippen molar-refractivity contribution in [2.75, 3.05) is 0 Å². The molecule has 0 aliphatic heterocycles. The first-order chi connectivity index (χ1) is 8.41. The van der Waals surface area contributed by atoms with Gasteiger partial charge in [-0.25, -0.2) is 0 Å². The van der Waals surface area contributed by atoms with Gasteiger partial charge in [-0.1, -0.05) is 31.5 Å². The van der Waals surface area contributed by atoms with Gasteiger partial charge in [0.05, 0.1) is 5.92 Å². The van der Waals surface area contributed by atoms with Crippen molar-refractivity contribution < 1.29 is 19.1 Å². The van der Waals surface area contributed by atoms with Crippen LogP contribution in [0.3, 0.4) is 0 Å². The molecule has 2 rings (SSSR count). The van der Waals surface area contributed by atoms with Crippen LogP contribution in [0.4, 0.5) is 0 Å². The third-order valence-electron chi connectivity index (χ3n) is 2.89. The molecule has 4 nitrogen and oxygen atoms in total. The number of Topliss-reactive ketones (excluding diaryl/α,β-unsaturated/α-hetero) is 2. The second-order valence-electron chi connectivity index (χ2n) is 4.75. The van der Waals surface area contributed by atoms with Crippen LogP contribution in [-0.2, 0) is 9.53 Å². The molecule has 0 radical (unpaired) electrons. The molecule has 0 fully saturated rings. The van der Waals surface area contributed by atoms with Crippen LogP contribution in [-0.4, -0.2) is 23.6 Å². The van der Waals surface area contributed by atoms with Crippen LogP contribution < -0.4 is 0 Å². The van der Waals surface area contributed by atoms with Gasteiger partial charge in [-0.15, -0.1) is 0 Å². The molecule has 1 atom stereocenters. The molecule has 0 bridgehead atoms. The Bertz CT molecular complexity index is 543. The molecule has 18 heavy (non-hydrogen) atoms. The average Bonchev–Trinajstić information content (AvgIpc) is 2.54. The van der Waals surface area contributed by atoms with Crippen LogP contribution in [0.2, 0.25) is 0 Å². The lowest BCUT2D eigenvalue weighted by atomic mass is 10.1. The van der Waals surface area contributed by atoms with Crippen LogP contribution in [0, 0.1) is 12.8 Å². The van der Waals surface area contributed by atoms with Gasteiger partial charge in [-0.2, -0.15) is 0 Å². The van der Waals surface area contributed by atoms with Crippen molar-refractivity contribution in [2.24, 2.45) is 5.92 Å². The van der Waals surface area contributed by atoms with E-state index in [9.17, 15) is 14.4 Å². The lowest BCUT2D eigenvalue weighted by Gasteiger charge is -2.10. The van der Waals surface area contributed by atoms with Gasteiger partial charge in [0.2, 0.25) is 17.7 Å². The summed E-state index contributed by atoms with van der Waals surface area (Å²) >= 11 is 0. The Hall–Kier alpha value is -1.97. The summed E-state index contributed by atoms with van der Waals surface area (Å²) in [7, 11) is 0. The molecule has 4 heteroatoms. The maximum Gasteiger partial charge on any atom is 0.309 e. The van der Waals surface area contributed by atoms with Gasteiger partial charge in [0.1, 0.15) is 0 Å².